The van der Waals surface area contributed by atoms with Gasteiger partial charge in [-0.3, -0.25) is 9.59 Å². The maximum Gasteiger partial charge on any atom is 0.416 e. The predicted octanol–water partition coefficient (Wildman–Crippen LogP) is 5.20. The Morgan fingerprint density at radius 3 is 2.27 bits per heavy atom. The minimum absolute atomic E-state index is 0.102. The minimum atomic E-state index is -1.14. The van der Waals surface area contributed by atoms with Crippen LogP contribution < -0.4 is 10.2 Å². The summed E-state index contributed by atoms with van der Waals surface area (Å²) in [5.41, 5.74) is 2.30. The van der Waals surface area contributed by atoms with Gasteiger partial charge in [-0.2, -0.15) is 0 Å². The van der Waals surface area contributed by atoms with Crippen molar-refractivity contribution in [3.05, 3.63) is 94.0 Å². The van der Waals surface area contributed by atoms with Gasteiger partial charge in [-0.15, -0.1) is 0 Å². The first-order valence-corrected chi connectivity index (χ1v) is 13.2. The van der Waals surface area contributed by atoms with Crippen molar-refractivity contribution in [2.24, 2.45) is 0 Å². The Bertz CT molecular complexity index is 1400. The van der Waals surface area contributed by atoms with Crippen molar-refractivity contribution >= 4 is 58.5 Å². The Morgan fingerprint density at radius 1 is 1.00 bits per heavy atom. The van der Waals surface area contributed by atoms with E-state index in [-0.39, 0.29) is 25.3 Å². The molecular weight excluding hydrogens is 557 g/mol. The summed E-state index contributed by atoms with van der Waals surface area (Å²) in [4.78, 5) is 53.0. The van der Waals surface area contributed by atoms with Gasteiger partial charge in [0.05, 0.1) is 28.5 Å². The van der Waals surface area contributed by atoms with Gasteiger partial charge in [0.25, 0.3) is 0 Å². The first-order valence-electron chi connectivity index (χ1n) is 12.5. The third-order valence-corrected chi connectivity index (χ3v) is 7.35. The summed E-state index contributed by atoms with van der Waals surface area (Å²) in [5.74, 6) is -1.30. The lowest BCUT2D eigenvalue weighted by molar-refractivity contribution is -0.146. The average Bonchev–Trinajstić information content (AvgIpc) is 3.31. The highest BCUT2D eigenvalue weighted by Gasteiger charge is 2.37. The van der Waals surface area contributed by atoms with E-state index in [9.17, 15) is 24.3 Å². The first-order chi connectivity index (χ1) is 19.2. The van der Waals surface area contributed by atoms with E-state index < -0.39 is 30.1 Å². The molecule has 0 aromatic heterocycles. The van der Waals surface area contributed by atoms with Crippen LogP contribution in [0.2, 0.25) is 10.0 Å². The Morgan fingerprint density at radius 2 is 1.65 bits per heavy atom. The lowest BCUT2D eigenvalue weighted by Gasteiger charge is -2.26. The summed E-state index contributed by atoms with van der Waals surface area (Å²) in [6.45, 7) is 0.166. The van der Waals surface area contributed by atoms with Crippen LogP contribution in [-0.4, -0.2) is 53.1 Å². The summed E-state index contributed by atoms with van der Waals surface area (Å²) in [5, 5.41) is 13.2. The smallest absolute Gasteiger partial charge is 0.416 e. The number of halogens is 2. The molecule has 0 radical (unpaired) electrons. The highest BCUT2D eigenvalue weighted by molar-refractivity contribution is 6.42. The molecule has 11 heteroatoms. The van der Waals surface area contributed by atoms with Crippen LogP contribution in [0.3, 0.4) is 0 Å². The Labute approximate surface area is 241 Å². The third kappa shape index (κ3) is 6.73. The van der Waals surface area contributed by atoms with Crippen molar-refractivity contribution in [1.82, 2.24) is 10.2 Å². The number of benzene rings is 3. The van der Waals surface area contributed by atoms with Crippen molar-refractivity contribution < 1.29 is 29.0 Å². The monoisotopic (exact) mass is 583 g/mol. The summed E-state index contributed by atoms with van der Waals surface area (Å²) in [6, 6.07) is 18.5. The standard InChI is InChI=1S/C29H27Cl2N3O6/c1-40-28(37)24(16-18-7-10-21(11-8-18)34(29(38)39)20-5-3-2-4-6-20)32-27(36)25-13-14-26(35)33(25)17-19-9-12-22(30)23(31)15-19/h2-12,15,24-25H,13-14,16-17H2,1H3,(H,32,36)(H,38,39)/t24-,25-/m0/s1. The maximum atomic E-state index is 13.3. The van der Waals surface area contributed by atoms with Gasteiger partial charge in [-0.05, 0) is 53.9 Å². The fourth-order valence-corrected chi connectivity index (χ4v) is 4.93. The van der Waals surface area contributed by atoms with Gasteiger partial charge >= 0.3 is 12.1 Å². The van der Waals surface area contributed by atoms with Crippen LogP contribution in [0, 0.1) is 0 Å². The zero-order chi connectivity index (χ0) is 28.8. The van der Waals surface area contributed by atoms with E-state index >= 15 is 0 Å². The van der Waals surface area contributed by atoms with Gasteiger partial charge in [-0.25, -0.2) is 14.5 Å². The number of amides is 3. The fraction of sp³-hybridized carbons (Fsp3) is 0.241. The van der Waals surface area contributed by atoms with E-state index in [4.69, 9.17) is 27.9 Å². The average molecular weight is 584 g/mol. The Balaban J connectivity index is 1.47. The molecule has 1 aliphatic rings. The molecule has 4 rings (SSSR count). The topological polar surface area (TPSA) is 116 Å². The molecule has 0 saturated carbocycles. The summed E-state index contributed by atoms with van der Waals surface area (Å²) in [7, 11) is 1.23. The molecule has 3 amide bonds. The normalized spacial score (nSPS) is 15.4. The van der Waals surface area contributed by atoms with E-state index in [2.05, 4.69) is 5.32 Å². The molecule has 3 aromatic carbocycles. The number of hydrogen-bond acceptors (Lipinski definition) is 5. The second-order valence-corrected chi connectivity index (χ2v) is 10.0. The number of rotatable bonds is 9. The molecule has 2 N–H and O–H groups in total. The van der Waals surface area contributed by atoms with Gasteiger partial charge in [0, 0.05) is 19.4 Å². The van der Waals surface area contributed by atoms with E-state index in [0.717, 1.165) is 10.5 Å². The first kappa shape index (κ1) is 28.9. The van der Waals surface area contributed by atoms with Crippen molar-refractivity contribution in [3.8, 4) is 0 Å². The molecule has 0 spiro atoms. The molecule has 0 unspecified atom stereocenters. The van der Waals surface area contributed by atoms with Crippen LogP contribution in [0.1, 0.15) is 24.0 Å². The quantitative estimate of drug-likeness (QED) is 0.334. The van der Waals surface area contributed by atoms with Gasteiger partial charge in [-0.1, -0.05) is 59.6 Å². The van der Waals surface area contributed by atoms with E-state index in [1.807, 2.05) is 0 Å². The lowest BCUT2D eigenvalue weighted by Crippen LogP contribution is -2.51. The molecule has 0 aliphatic carbocycles. The van der Waals surface area contributed by atoms with Gasteiger partial charge < -0.3 is 20.1 Å². The number of likely N-dealkylation sites (tertiary alicyclic amines) is 1. The van der Waals surface area contributed by atoms with Crippen LogP contribution in [0.25, 0.3) is 0 Å². The molecule has 1 aliphatic heterocycles. The number of carbonyl (C=O) groups excluding carboxylic acids is 3. The lowest BCUT2D eigenvalue weighted by atomic mass is 10.0. The molecule has 9 nitrogen and oxygen atoms in total. The van der Waals surface area contributed by atoms with Crippen molar-refractivity contribution in [2.45, 2.75) is 37.9 Å². The van der Waals surface area contributed by atoms with Crippen LogP contribution in [0.15, 0.2) is 72.8 Å². The van der Waals surface area contributed by atoms with Crippen LogP contribution in [0.5, 0.6) is 0 Å². The molecule has 0 bridgehead atoms. The highest BCUT2D eigenvalue weighted by Crippen LogP contribution is 2.28. The largest absolute Gasteiger partial charge is 0.467 e. The number of carboxylic acid groups (broad SMARTS) is 1. The SMILES string of the molecule is COC(=O)[C@H](Cc1ccc(N(C(=O)O)c2ccccc2)cc1)NC(=O)[C@@H]1CCC(=O)N1Cc1ccc(Cl)c(Cl)c1. The number of anilines is 2. The Hall–Kier alpha value is -4.08. The van der Waals surface area contributed by atoms with E-state index in [1.165, 1.54) is 12.0 Å². The molecular formula is C29H27Cl2N3O6. The fourth-order valence-electron chi connectivity index (χ4n) is 4.61. The molecule has 1 heterocycles. The maximum absolute atomic E-state index is 13.3. The second-order valence-electron chi connectivity index (χ2n) is 9.23. The number of nitrogens with one attached hydrogen (secondary N) is 1. The van der Waals surface area contributed by atoms with E-state index in [0.29, 0.717) is 33.4 Å². The second kappa shape index (κ2) is 12.8. The number of hydrogen-bond donors (Lipinski definition) is 2. The van der Waals surface area contributed by atoms with Crippen LogP contribution in [-0.2, 0) is 32.1 Å². The van der Waals surface area contributed by atoms with Crippen LogP contribution in [0.4, 0.5) is 16.2 Å². The molecule has 1 fully saturated rings. The molecule has 1 saturated heterocycles. The number of methoxy groups -OCH3 is 1. The minimum Gasteiger partial charge on any atom is -0.467 e. The number of carbonyl (C=O) groups is 4. The highest BCUT2D eigenvalue weighted by atomic mass is 35.5. The zero-order valence-corrected chi connectivity index (χ0v) is 23.1. The summed E-state index contributed by atoms with van der Waals surface area (Å²) >= 11 is 12.1. The summed E-state index contributed by atoms with van der Waals surface area (Å²) < 4.78 is 4.92. The molecule has 2 atom stereocenters. The van der Waals surface area contributed by atoms with Gasteiger partial charge in [0.2, 0.25) is 11.8 Å². The van der Waals surface area contributed by atoms with Crippen LogP contribution >= 0.6 is 23.2 Å². The number of nitrogens with zero attached hydrogens (tertiary/aromatic N) is 2. The molecule has 40 heavy (non-hydrogen) atoms. The van der Waals surface area contributed by atoms with Crippen molar-refractivity contribution in [2.75, 3.05) is 12.0 Å². The van der Waals surface area contributed by atoms with Crippen molar-refractivity contribution in [1.29, 1.82) is 0 Å². The van der Waals surface area contributed by atoms with Gasteiger partial charge in [0.15, 0.2) is 0 Å². The molecule has 3 aromatic rings. The van der Waals surface area contributed by atoms with Crippen molar-refractivity contribution in [3.63, 3.8) is 0 Å². The third-order valence-electron chi connectivity index (χ3n) is 6.61. The number of ether oxygens (including phenoxy) is 1. The van der Waals surface area contributed by atoms with E-state index in [1.54, 1.807) is 72.8 Å². The predicted molar refractivity (Wildman–Crippen MR) is 151 cm³/mol. The summed E-state index contributed by atoms with van der Waals surface area (Å²) in [6.07, 6.45) is -0.537. The number of esters is 1. The Kier molecular flexibility index (Phi) is 9.29. The number of para-hydroxylation sites is 1. The molecule has 208 valence electrons. The van der Waals surface area contributed by atoms with Gasteiger partial charge in [0.1, 0.15) is 12.1 Å². The zero-order valence-electron chi connectivity index (χ0n) is 21.6.